The number of hydrogen-bond donors (Lipinski definition) is 1. The van der Waals surface area contributed by atoms with Gasteiger partial charge >= 0.3 is 0 Å². The van der Waals surface area contributed by atoms with Gasteiger partial charge in [-0.2, -0.15) is 0 Å². The van der Waals surface area contributed by atoms with Crippen molar-refractivity contribution in [1.29, 1.82) is 0 Å². The van der Waals surface area contributed by atoms with E-state index in [1.807, 2.05) is 0 Å². The minimum Gasteiger partial charge on any atom is -0.306 e. The molecule has 0 saturated carbocycles. The van der Waals surface area contributed by atoms with Gasteiger partial charge in [0.2, 0.25) is 0 Å². The van der Waals surface area contributed by atoms with Gasteiger partial charge in [0.05, 0.1) is 6.54 Å². The molecule has 0 atom stereocenters. The molecule has 0 aliphatic heterocycles. The van der Waals surface area contributed by atoms with Gasteiger partial charge in [0, 0.05) is 11.4 Å². The minimum absolute atomic E-state index is 0.672. The fourth-order valence-corrected chi connectivity index (χ4v) is 1.54. The maximum atomic E-state index is 5.08. The van der Waals surface area contributed by atoms with Crippen LogP contribution in [0.25, 0.3) is 0 Å². The molecule has 58 valence electrons. The molecular formula is C9H11NS. The smallest absolute Gasteiger partial charge is 0.0573 e. The molecule has 0 aliphatic rings. The Morgan fingerprint density at radius 1 is 1.64 bits per heavy atom. The number of nitrogens with one attached hydrogen (secondary N) is 1. The van der Waals surface area contributed by atoms with Crippen LogP contribution in [-0.4, -0.2) is 13.1 Å². The summed E-state index contributed by atoms with van der Waals surface area (Å²) < 4.78 is 0. The van der Waals surface area contributed by atoms with E-state index in [1.165, 1.54) is 4.88 Å². The van der Waals surface area contributed by atoms with Crippen LogP contribution in [0.3, 0.4) is 0 Å². The van der Waals surface area contributed by atoms with Crippen molar-refractivity contribution in [1.82, 2.24) is 5.32 Å². The zero-order chi connectivity index (χ0) is 7.94. The maximum absolute atomic E-state index is 5.08. The van der Waals surface area contributed by atoms with Gasteiger partial charge < -0.3 is 5.32 Å². The van der Waals surface area contributed by atoms with Crippen molar-refractivity contribution in [3.8, 4) is 12.3 Å². The highest BCUT2D eigenvalue weighted by atomic mass is 32.1. The van der Waals surface area contributed by atoms with Crippen LogP contribution in [0.2, 0.25) is 0 Å². The number of terminal acetylenes is 1. The van der Waals surface area contributed by atoms with E-state index in [2.05, 4.69) is 28.8 Å². The molecule has 2 heteroatoms. The molecule has 1 aromatic rings. The van der Waals surface area contributed by atoms with E-state index in [0.29, 0.717) is 6.54 Å². The van der Waals surface area contributed by atoms with E-state index in [-0.39, 0.29) is 0 Å². The Hall–Kier alpha value is -0.780. The average Bonchev–Trinajstić information content (AvgIpc) is 2.50. The summed E-state index contributed by atoms with van der Waals surface area (Å²) >= 11 is 1.79. The molecule has 11 heavy (non-hydrogen) atoms. The summed E-state index contributed by atoms with van der Waals surface area (Å²) in [7, 11) is 0. The third kappa shape index (κ3) is 3.22. The number of rotatable bonds is 4. The van der Waals surface area contributed by atoms with Gasteiger partial charge in [-0.1, -0.05) is 12.0 Å². The molecule has 0 aliphatic carbocycles. The van der Waals surface area contributed by atoms with Gasteiger partial charge in [0.15, 0.2) is 0 Å². The van der Waals surface area contributed by atoms with Gasteiger partial charge in [0.1, 0.15) is 0 Å². The second-order valence-corrected chi connectivity index (χ2v) is 3.24. The molecule has 1 N–H and O–H groups in total. The van der Waals surface area contributed by atoms with E-state index in [4.69, 9.17) is 6.42 Å². The third-order valence-electron chi connectivity index (χ3n) is 1.36. The lowest BCUT2D eigenvalue weighted by Gasteiger charge is -1.96. The van der Waals surface area contributed by atoms with Crippen molar-refractivity contribution in [2.45, 2.75) is 6.42 Å². The fraction of sp³-hybridized carbons (Fsp3) is 0.333. The molecular weight excluding hydrogens is 154 g/mol. The van der Waals surface area contributed by atoms with E-state index in [9.17, 15) is 0 Å². The Labute approximate surface area is 71.4 Å². The highest BCUT2D eigenvalue weighted by molar-refractivity contribution is 7.09. The first-order valence-corrected chi connectivity index (χ1v) is 4.48. The Morgan fingerprint density at radius 2 is 2.55 bits per heavy atom. The van der Waals surface area contributed by atoms with Gasteiger partial charge in [-0.15, -0.1) is 17.8 Å². The van der Waals surface area contributed by atoms with Crippen LogP contribution in [0, 0.1) is 12.3 Å². The molecule has 0 radical (unpaired) electrons. The molecule has 0 aromatic carbocycles. The summed E-state index contributed by atoms with van der Waals surface area (Å²) in [4.78, 5) is 1.41. The third-order valence-corrected chi connectivity index (χ3v) is 2.29. The number of thiophene rings is 1. The molecule has 1 rings (SSSR count). The second kappa shape index (κ2) is 4.95. The first-order chi connectivity index (χ1) is 5.43. The monoisotopic (exact) mass is 165 g/mol. The van der Waals surface area contributed by atoms with Crippen molar-refractivity contribution in [3.63, 3.8) is 0 Å². The van der Waals surface area contributed by atoms with Crippen LogP contribution in [-0.2, 0) is 6.42 Å². The SMILES string of the molecule is C#CCNCCc1cccs1. The molecule has 0 amide bonds. The molecule has 0 unspecified atom stereocenters. The molecule has 0 bridgehead atoms. The van der Waals surface area contributed by atoms with Gasteiger partial charge in [-0.3, -0.25) is 0 Å². The standard InChI is InChI=1S/C9H11NS/c1-2-6-10-7-5-9-4-3-8-11-9/h1,3-4,8,10H,5-7H2. The van der Waals surface area contributed by atoms with Crippen LogP contribution < -0.4 is 5.32 Å². The summed E-state index contributed by atoms with van der Waals surface area (Å²) in [6, 6.07) is 4.21. The normalized spacial score (nSPS) is 9.36. The average molecular weight is 165 g/mol. The Kier molecular flexibility index (Phi) is 3.74. The lowest BCUT2D eigenvalue weighted by Crippen LogP contribution is -2.16. The predicted octanol–water partition coefficient (Wildman–Crippen LogP) is 1.51. The first-order valence-electron chi connectivity index (χ1n) is 3.60. The van der Waals surface area contributed by atoms with Crippen molar-refractivity contribution < 1.29 is 0 Å². The van der Waals surface area contributed by atoms with Crippen molar-refractivity contribution in [3.05, 3.63) is 22.4 Å². The highest BCUT2D eigenvalue weighted by Gasteiger charge is 1.90. The van der Waals surface area contributed by atoms with Crippen LogP contribution in [0.4, 0.5) is 0 Å². The van der Waals surface area contributed by atoms with Gasteiger partial charge in [-0.25, -0.2) is 0 Å². The van der Waals surface area contributed by atoms with Crippen molar-refractivity contribution in [2.75, 3.05) is 13.1 Å². The summed E-state index contributed by atoms with van der Waals surface area (Å²) in [5, 5.41) is 5.24. The van der Waals surface area contributed by atoms with Gasteiger partial charge in [0.25, 0.3) is 0 Å². The quantitative estimate of drug-likeness (QED) is 0.527. The van der Waals surface area contributed by atoms with E-state index < -0.39 is 0 Å². The van der Waals surface area contributed by atoms with Crippen LogP contribution in [0.5, 0.6) is 0 Å². The van der Waals surface area contributed by atoms with Crippen LogP contribution in [0.15, 0.2) is 17.5 Å². The molecule has 0 fully saturated rings. The summed E-state index contributed by atoms with van der Waals surface area (Å²) in [5.74, 6) is 2.54. The minimum atomic E-state index is 0.672. The van der Waals surface area contributed by atoms with Gasteiger partial charge in [-0.05, 0) is 17.9 Å². The molecule has 1 aromatic heterocycles. The lowest BCUT2D eigenvalue weighted by atomic mass is 10.3. The zero-order valence-electron chi connectivity index (χ0n) is 6.34. The maximum Gasteiger partial charge on any atom is 0.0573 e. The first kappa shape index (κ1) is 8.32. The topological polar surface area (TPSA) is 12.0 Å². The molecule has 1 nitrogen and oxygen atoms in total. The summed E-state index contributed by atoms with van der Waals surface area (Å²) in [6.07, 6.45) is 6.16. The Morgan fingerprint density at radius 3 is 3.18 bits per heavy atom. The zero-order valence-corrected chi connectivity index (χ0v) is 7.16. The van der Waals surface area contributed by atoms with Crippen LogP contribution >= 0.6 is 11.3 Å². The summed E-state index contributed by atoms with van der Waals surface area (Å²) in [6.45, 7) is 1.65. The number of hydrogen-bond acceptors (Lipinski definition) is 2. The molecule has 0 spiro atoms. The van der Waals surface area contributed by atoms with Crippen LogP contribution in [0.1, 0.15) is 4.88 Å². The van der Waals surface area contributed by atoms with E-state index >= 15 is 0 Å². The predicted molar refractivity (Wildman–Crippen MR) is 49.7 cm³/mol. The fourth-order valence-electron chi connectivity index (χ4n) is 0.827. The summed E-state index contributed by atoms with van der Waals surface area (Å²) in [5.41, 5.74) is 0. The van der Waals surface area contributed by atoms with E-state index in [1.54, 1.807) is 11.3 Å². The lowest BCUT2D eigenvalue weighted by molar-refractivity contribution is 0.759. The molecule has 1 heterocycles. The Bertz CT molecular complexity index is 220. The Balaban J connectivity index is 2.10. The van der Waals surface area contributed by atoms with Crippen molar-refractivity contribution in [2.24, 2.45) is 0 Å². The highest BCUT2D eigenvalue weighted by Crippen LogP contribution is 2.07. The van der Waals surface area contributed by atoms with E-state index in [0.717, 1.165) is 13.0 Å². The molecule has 0 saturated heterocycles. The second-order valence-electron chi connectivity index (χ2n) is 2.21. The van der Waals surface area contributed by atoms with Crippen molar-refractivity contribution >= 4 is 11.3 Å². The largest absolute Gasteiger partial charge is 0.306 e.